The van der Waals surface area contributed by atoms with E-state index in [1.807, 2.05) is 0 Å². The lowest BCUT2D eigenvalue weighted by Crippen LogP contribution is -1.88. The summed E-state index contributed by atoms with van der Waals surface area (Å²) in [4.78, 5) is 3.32. The first-order valence-corrected chi connectivity index (χ1v) is 1.89. The van der Waals surface area contributed by atoms with Crippen LogP contribution in [-0.2, 0) is 0 Å². The third-order valence-corrected chi connectivity index (χ3v) is 0.562. The van der Waals surface area contributed by atoms with E-state index in [0.29, 0.717) is 5.57 Å². The second-order valence-electron chi connectivity index (χ2n) is 1.29. The van der Waals surface area contributed by atoms with Gasteiger partial charge in [-0.15, -0.1) is 0 Å². The van der Waals surface area contributed by atoms with Crippen LogP contribution in [0.25, 0.3) is 0 Å². The molecule has 0 fully saturated rings. The first-order valence-electron chi connectivity index (χ1n) is 1.89. The molecule has 2 heteroatoms. The highest BCUT2D eigenvalue weighted by Gasteiger charge is 1.85. The summed E-state index contributed by atoms with van der Waals surface area (Å²) in [5.74, 6) is 0.167. The lowest BCUT2D eigenvalue weighted by atomic mass is 10.3. The van der Waals surface area contributed by atoms with Gasteiger partial charge in [-0.25, -0.2) is 4.99 Å². The highest BCUT2D eigenvalue weighted by Crippen LogP contribution is 1.87. The molecule has 0 aromatic carbocycles. The molecule has 38 valence electrons. The van der Waals surface area contributed by atoms with Crippen molar-refractivity contribution in [3.8, 4) is 0 Å². The molecule has 0 amide bonds. The standard InChI is InChI=1S/C5H8N2/c1-4(2)5(6)7-3/h6H,1,3H2,2H3. The van der Waals surface area contributed by atoms with Crippen LogP contribution in [0.5, 0.6) is 0 Å². The van der Waals surface area contributed by atoms with Gasteiger partial charge in [-0.1, -0.05) is 6.58 Å². The molecule has 0 atom stereocenters. The second kappa shape index (κ2) is 2.29. The number of rotatable bonds is 1. The molecule has 0 heterocycles. The number of hydrogen-bond acceptors (Lipinski definition) is 1. The van der Waals surface area contributed by atoms with Crippen LogP contribution in [0.2, 0.25) is 0 Å². The number of nitrogens with zero attached hydrogens (tertiary/aromatic N) is 1. The maximum absolute atomic E-state index is 6.86. The van der Waals surface area contributed by atoms with Crippen molar-refractivity contribution in [3.63, 3.8) is 0 Å². The quantitative estimate of drug-likeness (QED) is 0.376. The summed E-state index contributed by atoms with van der Waals surface area (Å²) in [7, 11) is 0. The van der Waals surface area contributed by atoms with Crippen molar-refractivity contribution in [3.05, 3.63) is 12.2 Å². The first kappa shape index (κ1) is 6.08. The Hall–Kier alpha value is -0.920. The van der Waals surface area contributed by atoms with Gasteiger partial charge in [0, 0.05) is 0 Å². The predicted molar refractivity (Wildman–Crippen MR) is 32.1 cm³/mol. The van der Waals surface area contributed by atoms with E-state index in [4.69, 9.17) is 5.41 Å². The van der Waals surface area contributed by atoms with Gasteiger partial charge in [-0.3, -0.25) is 5.41 Å². The Kier molecular flexibility index (Phi) is 1.99. The highest BCUT2D eigenvalue weighted by atomic mass is 14.8. The SMILES string of the molecule is C=NC(=N)C(=C)C. The van der Waals surface area contributed by atoms with Crippen LogP contribution < -0.4 is 0 Å². The van der Waals surface area contributed by atoms with Gasteiger partial charge in [-0.05, 0) is 19.2 Å². The average molecular weight is 96.1 g/mol. The molecule has 0 radical (unpaired) electrons. The normalized spacial score (nSPS) is 7.57. The Morgan fingerprint density at radius 1 is 1.71 bits per heavy atom. The van der Waals surface area contributed by atoms with E-state index in [0.717, 1.165) is 0 Å². The van der Waals surface area contributed by atoms with Crippen molar-refractivity contribution in [1.82, 2.24) is 0 Å². The minimum Gasteiger partial charge on any atom is -0.283 e. The molecule has 0 aromatic heterocycles. The molecule has 2 nitrogen and oxygen atoms in total. The maximum Gasteiger partial charge on any atom is 0.146 e. The number of aliphatic imine (C=N–C) groups is 1. The van der Waals surface area contributed by atoms with Gasteiger partial charge >= 0.3 is 0 Å². The van der Waals surface area contributed by atoms with E-state index < -0.39 is 0 Å². The lowest BCUT2D eigenvalue weighted by Gasteiger charge is -1.87. The summed E-state index contributed by atoms with van der Waals surface area (Å²) >= 11 is 0. The van der Waals surface area contributed by atoms with Crippen LogP contribution >= 0.6 is 0 Å². The molecular formula is C5H8N2. The summed E-state index contributed by atoms with van der Waals surface area (Å²) in [6.45, 7) is 8.33. The molecular weight excluding hydrogens is 88.1 g/mol. The van der Waals surface area contributed by atoms with E-state index >= 15 is 0 Å². The van der Waals surface area contributed by atoms with Crippen molar-refractivity contribution < 1.29 is 0 Å². The molecule has 0 aliphatic rings. The van der Waals surface area contributed by atoms with Gasteiger partial charge < -0.3 is 0 Å². The van der Waals surface area contributed by atoms with Crippen LogP contribution in [0.1, 0.15) is 6.92 Å². The third-order valence-electron chi connectivity index (χ3n) is 0.562. The summed E-state index contributed by atoms with van der Waals surface area (Å²) in [5.41, 5.74) is 0.648. The van der Waals surface area contributed by atoms with Crippen LogP contribution in [0.4, 0.5) is 0 Å². The monoisotopic (exact) mass is 96.1 g/mol. The zero-order valence-corrected chi connectivity index (χ0v) is 4.36. The Morgan fingerprint density at radius 2 is 2.14 bits per heavy atom. The van der Waals surface area contributed by atoms with E-state index in [9.17, 15) is 0 Å². The van der Waals surface area contributed by atoms with E-state index in [2.05, 4.69) is 18.3 Å². The fourth-order valence-corrected chi connectivity index (χ4v) is 0.135. The van der Waals surface area contributed by atoms with Gasteiger partial charge in [0.15, 0.2) is 0 Å². The molecule has 0 aliphatic carbocycles. The van der Waals surface area contributed by atoms with Crippen LogP contribution in [-0.4, -0.2) is 12.6 Å². The van der Waals surface area contributed by atoms with Crippen LogP contribution in [0.15, 0.2) is 17.1 Å². The zero-order valence-electron chi connectivity index (χ0n) is 4.36. The first-order chi connectivity index (χ1) is 3.18. The average Bonchev–Trinajstić information content (AvgIpc) is 1.65. The smallest absolute Gasteiger partial charge is 0.146 e. The number of nitrogens with one attached hydrogen (secondary N) is 1. The minimum atomic E-state index is 0.167. The predicted octanol–water partition coefficient (Wildman–Crippen LogP) is 1.24. The van der Waals surface area contributed by atoms with Crippen molar-refractivity contribution in [2.24, 2.45) is 4.99 Å². The Labute approximate surface area is 43.1 Å². The molecule has 0 spiro atoms. The summed E-state index contributed by atoms with van der Waals surface area (Å²) < 4.78 is 0. The summed E-state index contributed by atoms with van der Waals surface area (Å²) in [6, 6.07) is 0. The van der Waals surface area contributed by atoms with Gasteiger partial charge in [0.2, 0.25) is 0 Å². The van der Waals surface area contributed by atoms with Crippen molar-refractivity contribution in [2.75, 3.05) is 0 Å². The van der Waals surface area contributed by atoms with Gasteiger partial charge in [0.05, 0.1) is 0 Å². The molecule has 0 aromatic rings. The molecule has 0 rings (SSSR count). The van der Waals surface area contributed by atoms with E-state index in [1.54, 1.807) is 6.92 Å². The second-order valence-corrected chi connectivity index (χ2v) is 1.29. The van der Waals surface area contributed by atoms with Crippen molar-refractivity contribution in [2.45, 2.75) is 6.92 Å². The third kappa shape index (κ3) is 1.87. The molecule has 0 unspecified atom stereocenters. The maximum atomic E-state index is 6.86. The molecule has 0 bridgehead atoms. The van der Waals surface area contributed by atoms with Gasteiger partial charge in [0.25, 0.3) is 0 Å². The number of amidine groups is 1. The zero-order chi connectivity index (χ0) is 5.86. The molecule has 0 aliphatic heterocycles. The van der Waals surface area contributed by atoms with E-state index in [-0.39, 0.29) is 5.84 Å². The minimum absolute atomic E-state index is 0.167. The Morgan fingerprint density at radius 3 is 2.14 bits per heavy atom. The Balaban J connectivity index is 3.81. The molecule has 7 heavy (non-hydrogen) atoms. The van der Waals surface area contributed by atoms with Gasteiger partial charge in [-0.2, -0.15) is 0 Å². The number of hydrogen-bond donors (Lipinski definition) is 1. The van der Waals surface area contributed by atoms with Crippen LogP contribution in [0, 0.1) is 5.41 Å². The fraction of sp³-hybridized carbons (Fsp3) is 0.200. The summed E-state index contributed by atoms with van der Waals surface area (Å²) in [6.07, 6.45) is 0. The van der Waals surface area contributed by atoms with Gasteiger partial charge in [0.1, 0.15) is 5.84 Å². The van der Waals surface area contributed by atoms with Crippen molar-refractivity contribution in [1.29, 1.82) is 5.41 Å². The molecule has 0 saturated heterocycles. The lowest BCUT2D eigenvalue weighted by molar-refractivity contribution is 1.41. The topological polar surface area (TPSA) is 36.2 Å². The fourth-order valence-electron chi connectivity index (χ4n) is 0.135. The largest absolute Gasteiger partial charge is 0.283 e. The molecule has 0 saturated carbocycles. The summed E-state index contributed by atoms with van der Waals surface area (Å²) in [5, 5.41) is 6.86. The molecule has 1 N–H and O–H groups in total. The van der Waals surface area contributed by atoms with Crippen molar-refractivity contribution >= 4 is 12.6 Å². The van der Waals surface area contributed by atoms with Crippen LogP contribution in [0.3, 0.4) is 0 Å². The van der Waals surface area contributed by atoms with E-state index in [1.165, 1.54) is 0 Å². The Bertz CT molecular complexity index is 113. The highest BCUT2D eigenvalue weighted by molar-refractivity contribution is 5.97.